The summed E-state index contributed by atoms with van der Waals surface area (Å²) < 4.78 is 37.1. The Kier molecular flexibility index (Phi) is 4.26. The molecule has 0 amide bonds. The van der Waals surface area contributed by atoms with Crippen LogP contribution in [0.15, 0.2) is 24.8 Å². The molecular weight excluding hydrogens is 193 g/mol. The van der Waals surface area contributed by atoms with Crippen LogP contribution in [0.5, 0.6) is 0 Å². The topological polar surface area (TPSA) is 66.8 Å². The molecule has 0 aliphatic heterocycles. The first-order valence-electron chi connectivity index (χ1n) is 2.74. The van der Waals surface area contributed by atoms with Crippen LogP contribution >= 0.6 is 7.82 Å². The number of rotatable bonds is 4. The van der Waals surface area contributed by atoms with Gasteiger partial charge in [0.1, 0.15) is 6.10 Å². The minimum Gasteiger partial charge on any atom is -0.303 e. The van der Waals surface area contributed by atoms with E-state index in [4.69, 9.17) is 9.79 Å². The van der Waals surface area contributed by atoms with Crippen molar-refractivity contribution in [1.82, 2.24) is 0 Å². The molecule has 0 saturated heterocycles. The summed E-state index contributed by atoms with van der Waals surface area (Å²) in [5, 5.41) is 0. The average molecular weight is 200 g/mol. The van der Waals surface area contributed by atoms with Crippen LogP contribution in [-0.2, 0) is 9.09 Å². The van der Waals surface area contributed by atoms with E-state index in [0.717, 1.165) is 6.08 Å². The molecule has 0 radical (unpaired) electrons. The van der Waals surface area contributed by atoms with Gasteiger partial charge in [0.15, 0.2) is 0 Å². The Morgan fingerprint density at radius 1 is 1.58 bits per heavy atom. The van der Waals surface area contributed by atoms with Gasteiger partial charge in [0.05, 0.1) is 0 Å². The number of phosphoric acid groups is 1. The van der Waals surface area contributed by atoms with Crippen LogP contribution < -0.4 is 0 Å². The molecule has 1 atom stereocenters. The lowest BCUT2D eigenvalue weighted by molar-refractivity contribution is 0.182. The third-order valence-electron chi connectivity index (χ3n) is 0.782. The lowest BCUT2D eigenvalue weighted by Crippen LogP contribution is -2.03. The Bertz CT molecular complexity index is 230. The fourth-order valence-electron chi connectivity index (χ4n) is 0.424. The molecular formula is C5H7F2O4P. The molecule has 0 bridgehead atoms. The molecule has 0 aromatic rings. The van der Waals surface area contributed by atoms with Gasteiger partial charge in [-0.2, -0.15) is 8.78 Å². The van der Waals surface area contributed by atoms with Crippen molar-refractivity contribution in [3.63, 3.8) is 0 Å². The molecule has 0 aromatic carbocycles. The second-order valence-electron chi connectivity index (χ2n) is 1.75. The van der Waals surface area contributed by atoms with E-state index in [1.54, 1.807) is 0 Å². The highest BCUT2D eigenvalue weighted by Crippen LogP contribution is 2.38. The van der Waals surface area contributed by atoms with Gasteiger partial charge in [0.2, 0.25) is 0 Å². The molecule has 1 unspecified atom stereocenters. The predicted molar refractivity (Wildman–Crippen MR) is 37.4 cm³/mol. The monoisotopic (exact) mass is 200 g/mol. The maximum Gasteiger partial charge on any atom is 0.470 e. The number of hydrogen-bond acceptors (Lipinski definition) is 2. The smallest absolute Gasteiger partial charge is 0.303 e. The molecule has 0 aliphatic rings. The van der Waals surface area contributed by atoms with Crippen molar-refractivity contribution < 1.29 is 27.7 Å². The highest BCUT2D eigenvalue weighted by Gasteiger charge is 2.18. The van der Waals surface area contributed by atoms with Crippen LogP contribution in [0.2, 0.25) is 0 Å². The zero-order valence-electron chi connectivity index (χ0n) is 5.85. The summed E-state index contributed by atoms with van der Waals surface area (Å²) in [5.41, 5.74) is 0. The van der Waals surface area contributed by atoms with E-state index in [9.17, 15) is 13.3 Å². The summed E-state index contributed by atoms with van der Waals surface area (Å²) in [4.78, 5) is 16.4. The lowest BCUT2D eigenvalue weighted by atomic mass is 10.3. The maximum absolute atomic E-state index is 11.5. The molecule has 0 aromatic heterocycles. The molecule has 70 valence electrons. The highest BCUT2D eigenvalue weighted by atomic mass is 31.2. The van der Waals surface area contributed by atoms with Gasteiger partial charge in [-0.3, -0.25) is 4.52 Å². The first-order chi connectivity index (χ1) is 5.35. The van der Waals surface area contributed by atoms with E-state index < -0.39 is 20.0 Å². The van der Waals surface area contributed by atoms with Crippen molar-refractivity contribution in [3.8, 4) is 0 Å². The number of halogens is 2. The SMILES string of the molecule is C=CC(C=C(F)F)OP(=O)(O)O. The molecule has 0 saturated carbocycles. The molecule has 7 heteroatoms. The Morgan fingerprint density at radius 3 is 2.33 bits per heavy atom. The van der Waals surface area contributed by atoms with E-state index in [1.165, 1.54) is 0 Å². The molecule has 4 nitrogen and oxygen atoms in total. The summed E-state index contributed by atoms with van der Waals surface area (Å²) >= 11 is 0. The Morgan fingerprint density at radius 2 is 2.08 bits per heavy atom. The van der Waals surface area contributed by atoms with Crippen molar-refractivity contribution >= 4 is 7.82 Å². The highest BCUT2D eigenvalue weighted by molar-refractivity contribution is 7.46. The Labute approximate surface area is 67.4 Å². The predicted octanol–water partition coefficient (Wildman–Crippen LogP) is 1.43. The second kappa shape index (κ2) is 4.47. The van der Waals surface area contributed by atoms with Crippen LogP contribution in [0.25, 0.3) is 0 Å². The van der Waals surface area contributed by atoms with Gasteiger partial charge in [-0.25, -0.2) is 4.57 Å². The minimum atomic E-state index is -4.74. The number of phosphoric ester groups is 1. The third kappa shape index (κ3) is 6.18. The van der Waals surface area contributed by atoms with E-state index in [2.05, 4.69) is 11.1 Å². The molecule has 0 aliphatic carbocycles. The van der Waals surface area contributed by atoms with Crippen molar-refractivity contribution in [2.75, 3.05) is 0 Å². The Hall–Kier alpha value is -0.550. The van der Waals surface area contributed by atoms with E-state index in [1.807, 2.05) is 0 Å². The van der Waals surface area contributed by atoms with Crippen molar-refractivity contribution in [2.24, 2.45) is 0 Å². The summed E-state index contributed by atoms with van der Waals surface area (Å²) in [6.45, 7) is 3.05. The van der Waals surface area contributed by atoms with Gasteiger partial charge in [0, 0.05) is 6.08 Å². The van der Waals surface area contributed by atoms with E-state index >= 15 is 0 Å². The van der Waals surface area contributed by atoms with Gasteiger partial charge in [-0.05, 0) is 0 Å². The zero-order chi connectivity index (χ0) is 9.78. The molecule has 2 N–H and O–H groups in total. The second-order valence-corrected chi connectivity index (χ2v) is 2.94. The van der Waals surface area contributed by atoms with Crippen LogP contribution in [0.1, 0.15) is 0 Å². The van der Waals surface area contributed by atoms with E-state index in [0.29, 0.717) is 0 Å². The van der Waals surface area contributed by atoms with Crippen LogP contribution in [0.4, 0.5) is 8.78 Å². The van der Waals surface area contributed by atoms with Gasteiger partial charge >= 0.3 is 7.82 Å². The average Bonchev–Trinajstić information content (AvgIpc) is 1.82. The van der Waals surface area contributed by atoms with Crippen molar-refractivity contribution in [1.29, 1.82) is 0 Å². The molecule has 0 rings (SSSR count). The van der Waals surface area contributed by atoms with Gasteiger partial charge in [-0.1, -0.05) is 6.08 Å². The Balaban J connectivity index is 4.30. The summed E-state index contributed by atoms with van der Waals surface area (Å²) in [7, 11) is -4.74. The van der Waals surface area contributed by atoms with E-state index in [-0.39, 0.29) is 6.08 Å². The van der Waals surface area contributed by atoms with Crippen LogP contribution in [0.3, 0.4) is 0 Å². The largest absolute Gasteiger partial charge is 0.470 e. The zero-order valence-corrected chi connectivity index (χ0v) is 6.75. The quantitative estimate of drug-likeness (QED) is 0.532. The summed E-state index contributed by atoms with van der Waals surface area (Å²) in [5.74, 6) is 0. The molecule has 0 spiro atoms. The lowest BCUT2D eigenvalue weighted by Gasteiger charge is -2.08. The number of hydrogen-bond donors (Lipinski definition) is 2. The fraction of sp³-hybridized carbons (Fsp3) is 0.200. The van der Waals surface area contributed by atoms with Gasteiger partial charge in [-0.15, -0.1) is 6.58 Å². The van der Waals surface area contributed by atoms with Gasteiger partial charge in [0.25, 0.3) is 6.08 Å². The normalized spacial score (nSPS) is 13.7. The first-order valence-corrected chi connectivity index (χ1v) is 4.27. The maximum atomic E-state index is 11.5. The summed E-state index contributed by atoms with van der Waals surface area (Å²) in [6, 6.07) is 0. The molecule has 0 fully saturated rings. The van der Waals surface area contributed by atoms with Crippen molar-refractivity contribution in [2.45, 2.75) is 6.10 Å². The van der Waals surface area contributed by atoms with Crippen molar-refractivity contribution in [3.05, 3.63) is 24.8 Å². The molecule has 12 heavy (non-hydrogen) atoms. The van der Waals surface area contributed by atoms with Crippen LogP contribution in [0, 0.1) is 0 Å². The molecule has 0 heterocycles. The first kappa shape index (κ1) is 11.4. The summed E-state index contributed by atoms with van der Waals surface area (Å²) in [6.07, 6.45) is -2.48. The minimum absolute atomic E-state index is 0.242. The third-order valence-corrected chi connectivity index (χ3v) is 1.30. The van der Waals surface area contributed by atoms with Crippen LogP contribution in [-0.4, -0.2) is 15.9 Å². The fourth-order valence-corrected chi connectivity index (χ4v) is 0.888. The van der Waals surface area contributed by atoms with Gasteiger partial charge < -0.3 is 9.79 Å². The standard InChI is InChI=1S/C5H7F2O4P/c1-2-4(3-5(6)7)11-12(8,9)10/h2-4H,1H2,(H2,8,9,10).